The second-order valence-corrected chi connectivity index (χ2v) is 3.77. The summed E-state index contributed by atoms with van der Waals surface area (Å²) in [7, 11) is -2.17. The first kappa shape index (κ1) is 12.5. The Morgan fingerprint density at radius 2 is 0.944 bits per heavy atom. The Labute approximate surface area is 104 Å². The van der Waals surface area contributed by atoms with Crippen molar-refractivity contribution in [2.45, 2.75) is 0 Å². The van der Waals surface area contributed by atoms with Crippen LogP contribution >= 0.6 is 0 Å². The van der Waals surface area contributed by atoms with Gasteiger partial charge in [0.1, 0.15) is 0 Å². The number of carbonyl (C=O) groups excluding carboxylic acids is 1. The maximum Gasteiger partial charge on any atom is 0.631 e. The molecule has 5 heteroatoms. The van der Waals surface area contributed by atoms with Crippen molar-refractivity contribution in [3.05, 3.63) is 59.7 Å². The Kier molecular flexibility index (Phi) is 3.57. The van der Waals surface area contributed by atoms with Crippen molar-refractivity contribution in [1.29, 1.82) is 0 Å². The molecule has 0 amide bonds. The van der Waals surface area contributed by atoms with Gasteiger partial charge in [-0.15, -0.1) is 0 Å². The van der Waals surface area contributed by atoms with Crippen LogP contribution < -0.4 is 0 Å². The van der Waals surface area contributed by atoms with Crippen LogP contribution in [0.3, 0.4) is 0 Å². The number of hydrogen-bond acceptors (Lipinski definition) is 4. The minimum absolute atomic E-state index is 0.149. The highest BCUT2D eigenvalue weighted by Gasteiger charge is 2.24. The van der Waals surface area contributed by atoms with E-state index in [0.717, 1.165) is 22.3 Å². The van der Waals surface area contributed by atoms with Crippen LogP contribution in [0.4, 0.5) is 0 Å². The van der Waals surface area contributed by atoms with E-state index in [-0.39, 0.29) is 5.78 Å². The molecule has 0 atom stereocenters. The van der Waals surface area contributed by atoms with Gasteiger partial charge in [0.05, 0.1) is 0 Å². The van der Waals surface area contributed by atoms with Gasteiger partial charge < -0.3 is 15.1 Å². The summed E-state index contributed by atoms with van der Waals surface area (Å²) in [5, 5.41) is 21.5. The largest absolute Gasteiger partial charge is 0.631 e. The molecule has 0 saturated carbocycles. The average Bonchev–Trinajstić information content (AvgIpc) is 2.64. The first-order valence-electron chi connectivity index (χ1n) is 5.38. The summed E-state index contributed by atoms with van der Waals surface area (Å²) < 4.78 is 0. The molecule has 1 aliphatic rings. The summed E-state index contributed by atoms with van der Waals surface area (Å²) in [5.74, 6) is 0.149. The van der Waals surface area contributed by atoms with Gasteiger partial charge in [0, 0.05) is 11.1 Å². The second-order valence-electron chi connectivity index (χ2n) is 3.77. The van der Waals surface area contributed by atoms with E-state index in [1.54, 1.807) is 0 Å². The lowest BCUT2D eigenvalue weighted by Crippen LogP contribution is -2.07. The van der Waals surface area contributed by atoms with E-state index in [2.05, 4.69) is 0 Å². The van der Waals surface area contributed by atoms with Crippen molar-refractivity contribution in [2.75, 3.05) is 0 Å². The number of hydrogen-bond donors (Lipinski definition) is 3. The highest BCUT2D eigenvalue weighted by atomic mass is 16.5. The van der Waals surface area contributed by atoms with Gasteiger partial charge in [0.15, 0.2) is 5.78 Å². The summed E-state index contributed by atoms with van der Waals surface area (Å²) >= 11 is 0. The molecule has 90 valence electrons. The van der Waals surface area contributed by atoms with E-state index in [1.165, 1.54) is 0 Å². The molecular formula is C13H11BO4. The molecule has 0 heterocycles. The maximum atomic E-state index is 11.9. The van der Waals surface area contributed by atoms with Crippen molar-refractivity contribution in [1.82, 2.24) is 0 Å². The number of fused-ring (bicyclic) bond motifs is 3. The predicted molar refractivity (Wildman–Crippen MR) is 67.7 cm³/mol. The van der Waals surface area contributed by atoms with Crippen molar-refractivity contribution in [2.24, 2.45) is 0 Å². The zero-order chi connectivity index (χ0) is 13.1. The summed E-state index contributed by atoms with van der Waals surface area (Å²) in [6.45, 7) is 0. The number of rotatable bonds is 0. The van der Waals surface area contributed by atoms with Crippen LogP contribution in [0.2, 0.25) is 0 Å². The van der Waals surface area contributed by atoms with Crippen LogP contribution in [0, 0.1) is 0 Å². The fourth-order valence-corrected chi connectivity index (χ4v) is 1.98. The van der Waals surface area contributed by atoms with Gasteiger partial charge in [-0.3, -0.25) is 4.79 Å². The van der Waals surface area contributed by atoms with Gasteiger partial charge >= 0.3 is 7.32 Å². The van der Waals surface area contributed by atoms with E-state index in [0.29, 0.717) is 0 Å². The molecule has 4 nitrogen and oxygen atoms in total. The first-order valence-corrected chi connectivity index (χ1v) is 5.38. The third-order valence-corrected chi connectivity index (χ3v) is 2.63. The molecule has 0 aliphatic heterocycles. The zero-order valence-electron chi connectivity index (χ0n) is 9.45. The summed E-state index contributed by atoms with van der Waals surface area (Å²) in [6.07, 6.45) is 0. The smallest absolute Gasteiger partial charge is 0.402 e. The summed E-state index contributed by atoms with van der Waals surface area (Å²) in [6, 6.07) is 15.5. The van der Waals surface area contributed by atoms with E-state index >= 15 is 0 Å². The lowest BCUT2D eigenvalue weighted by atomic mass is 10.1. The highest BCUT2D eigenvalue weighted by Crippen LogP contribution is 2.35. The standard InChI is InChI=1S/C13H8O.BH3O3/c14-13-11-7-3-1-5-9(11)10-6-2-4-8-12(10)13;2-1(3)4/h1-8H;2-4H. The number of carbonyl (C=O) groups is 1. The van der Waals surface area contributed by atoms with Gasteiger partial charge in [0.2, 0.25) is 0 Å². The van der Waals surface area contributed by atoms with E-state index < -0.39 is 7.32 Å². The minimum atomic E-state index is -2.17. The molecule has 2 aromatic rings. The lowest BCUT2D eigenvalue weighted by molar-refractivity contribution is 0.104. The molecule has 18 heavy (non-hydrogen) atoms. The Bertz CT molecular complexity index is 530. The van der Waals surface area contributed by atoms with Crippen LogP contribution in [0.5, 0.6) is 0 Å². The van der Waals surface area contributed by atoms with Crippen molar-refractivity contribution in [3.63, 3.8) is 0 Å². The number of ketones is 1. The molecular weight excluding hydrogens is 231 g/mol. The average molecular weight is 242 g/mol. The molecule has 0 fully saturated rings. The summed E-state index contributed by atoms with van der Waals surface area (Å²) in [4.78, 5) is 11.9. The molecule has 0 aromatic heterocycles. The van der Waals surface area contributed by atoms with Crippen LogP contribution in [0.25, 0.3) is 11.1 Å². The third kappa shape index (κ3) is 2.33. The molecule has 0 saturated heterocycles. The van der Waals surface area contributed by atoms with E-state index in [9.17, 15) is 4.79 Å². The summed E-state index contributed by atoms with van der Waals surface area (Å²) in [5.41, 5.74) is 3.78. The Balaban J connectivity index is 0.000000267. The van der Waals surface area contributed by atoms with Crippen molar-refractivity contribution < 1.29 is 19.9 Å². The second kappa shape index (κ2) is 5.14. The van der Waals surface area contributed by atoms with Crippen molar-refractivity contribution >= 4 is 13.1 Å². The van der Waals surface area contributed by atoms with Gasteiger partial charge in [-0.25, -0.2) is 0 Å². The zero-order valence-corrected chi connectivity index (χ0v) is 9.45. The van der Waals surface area contributed by atoms with Crippen LogP contribution in [0.1, 0.15) is 15.9 Å². The van der Waals surface area contributed by atoms with Crippen LogP contribution in [-0.4, -0.2) is 28.2 Å². The Hall–Kier alpha value is -1.95. The van der Waals surface area contributed by atoms with E-state index in [1.807, 2.05) is 48.5 Å². The van der Waals surface area contributed by atoms with Crippen LogP contribution in [-0.2, 0) is 0 Å². The quantitative estimate of drug-likeness (QED) is 0.510. The number of benzene rings is 2. The highest BCUT2D eigenvalue weighted by molar-refractivity contribution is 6.30. The molecule has 0 unspecified atom stereocenters. The Morgan fingerprint density at radius 3 is 1.28 bits per heavy atom. The maximum absolute atomic E-state index is 11.9. The topological polar surface area (TPSA) is 77.8 Å². The third-order valence-electron chi connectivity index (χ3n) is 2.63. The van der Waals surface area contributed by atoms with Gasteiger partial charge in [-0.05, 0) is 11.1 Å². The molecule has 1 aliphatic carbocycles. The van der Waals surface area contributed by atoms with Gasteiger partial charge in [-0.2, -0.15) is 0 Å². The van der Waals surface area contributed by atoms with E-state index in [4.69, 9.17) is 15.1 Å². The molecule has 0 spiro atoms. The molecule has 2 aromatic carbocycles. The van der Waals surface area contributed by atoms with Crippen molar-refractivity contribution in [3.8, 4) is 11.1 Å². The molecule has 3 rings (SSSR count). The molecule has 3 N–H and O–H groups in total. The monoisotopic (exact) mass is 242 g/mol. The fraction of sp³-hybridized carbons (Fsp3) is 0. The molecule has 0 bridgehead atoms. The Morgan fingerprint density at radius 1 is 0.667 bits per heavy atom. The SMILES string of the molecule is O=C1c2ccccc2-c2ccccc21.OB(O)O. The first-order chi connectivity index (χ1) is 8.61. The predicted octanol–water partition coefficient (Wildman–Crippen LogP) is 0.846. The van der Waals surface area contributed by atoms with Gasteiger partial charge in [0.25, 0.3) is 0 Å². The lowest BCUT2D eigenvalue weighted by Gasteiger charge is -1.96. The minimum Gasteiger partial charge on any atom is -0.402 e. The molecule has 0 radical (unpaired) electrons. The normalized spacial score (nSPS) is 11.2. The van der Waals surface area contributed by atoms with Gasteiger partial charge in [-0.1, -0.05) is 48.5 Å². The fourth-order valence-electron chi connectivity index (χ4n) is 1.98. The van der Waals surface area contributed by atoms with Crippen LogP contribution in [0.15, 0.2) is 48.5 Å².